The van der Waals surface area contributed by atoms with Gasteiger partial charge in [-0.3, -0.25) is 14.5 Å². The summed E-state index contributed by atoms with van der Waals surface area (Å²) in [5, 5.41) is 10.4. The van der Waals surface area contributed by atoms with E-state index < -0.39 is 22.7 Å². The summed E-state index contributed by atoms with van der Waals surface area (Å²) >= 11 is 6.76. The largest absolute Gasteiger partial charge is 0.504 e. The Morgan fingerprint density at radius 2 is 2.11 bits per heavy atom. The van der Waals surface area contributed by atoms with Crippen LogP contribution in [0.2, 0.25) is 5.02 Å². The number of aryl methyl sites for hydroxylation is 1. The fourth-order valence-corrected chi connectivity index (χ4v) is 5.33. The fraction of sp³-hybridized carbons (Fsp3) is 0.0833. The Morgan fingerprint density at radius 3 is 2.78 bits per heavy atom. The second-order valence-corrected chi connectivity index (χ2v) is 10.1. The van der Waals surface area contributed by atoms with Gasteiger partial charge in [0.1, 0.15) is 10.7 Å². The number of para-hydroxylation sites is 1. The molecule has 0 aliphatic rings. The highest BCUT2D eigenvalue weighted by Crippen LogP contribution is 2.34. The Morgan fingerprint density at radius 1 is 1.32 bits per heavy atom. The highest BCUT2D eigenvalue weighted by molar-refractivity contribution is 7.86. The number of aromatic hydroxyl groups is 1. The number of rotatable bonds is 8. The van der Waals surface area contributed by atoms with Gasteiger partial charge in [0.15, 0.2) is 32.6 Å². The SMILES string of the molecule is COc1cccc(C=Nc2cnc(S(=O)Nc3nc(-c4ccc(F)c(Cl)c4)c(C(N)=O)s3)c(C)c2)c1O. The third kappa shape index (κ3) is 5.77. The van der Waals surface area contributed by atoms with Crippen LogP contribution in [0.3, 0.4) is 0 Å². The van der Waals surface area contributed by atoms with E-state index in [9.17, 15) is 18.5 Å². The van der Waals surface area contributed by atoms with E-state index in [-0.39, 0.29) is 31.5 Å². The Hall–Kier alpha value is -3.87. The zero-order valence-corrected chi connectivity index (χ0v) is 21.7. The van der Waals surface area contributed by atoms with Gasteiger partial charge in [-0.1, -0.05) is 29.0 Å². The minimum Gasteiger partial charge on any atom is -0.504 e. The molecule has 4 N–H and O–H groups in total. The van der Waals surface area contributed by atoms with Crippen LogP contribution < -0.4 is 15.2 Å². The van der Waals surface area contributed by atoms with E-state index in [0.29, 0.717) is 28.1 Å². The van der Waals surface area contributed by atoms with E-state index >= 15 is 0 Å². The van der Waals surface area contributed by atoms with E-state index in [2.05, 4.69) is 19.7 Å². The highest BCUT2D eigenvalue weighted by atomic mass is 35.5. The summed E-state index contributed by atoms with van der Waals surface area (Å²) in [5.74, 6) is -1.08. The number of thiazole rings is 1. The number of hydrogen-bond acceptors (Lipinski definition) is 8. The number of carbonyl (C=O) groups excluding carboxylic acids is 1. The fourth-order valence-electron chi connectivity index (χ4n) is 3.26. The lowest BCUT2D eigenvalue weighted by Crippen LogP contribution is -2.10. The maximum atomic E-state index is 13.6. The minimum absolute atomic E-state index is 0.0404. The predicted molar refractivity (Wildman–Crippen MR) is 142 cm³/mol. The molecule has 2 heterocycles. The number of methoxy groups -OCH3 is 1. The second kappa shape index (κ2) is 11.0. The molecule has 2 aromatic heterocycles. The maximum Gasteiger partial charge on any atom is 0.261 e. The molecule has 0 bridgehead atoms. The maximum absolute atomic E-state index is 13.6. The number of nitrogens with one attached hydrogen (secondary N) is 1. The first kappa shape index (κ1) is 26.2. The molecule has 0 fully saturated rings. The van der Waals surface area contributed by atoms with E-state index in [1.807, 2.05) is 0 Å². The smallest absolute Gasteiger partial charge is 0.261 e. The average molecular weight is 560 g/mol. The molecular weight excluding hydrogens is 541 g/mol. The summed E-state index contributed by atoms with van der Waals surface area (Å²) in [6.45, 7) is 1.71. The number of benzene rings is 2. The molecule has 1 atom stereocenters. The van der Waals surface area contributed by atoms with Gasteiger partial charge in [0, 0.05) is 17.3 Å². The van der Waals surface area contributed by atoms with Crippen LogP contribution in [0.4, 0.5) is 15.2 Å². The molecule has 9 nitrogen and oxygen atoms in total. The molecular formula is C24H19ClFN5O4S2. The average Bonchev–Trinajstić information content (AvgIpc) is 3.29. The zero-order valence-electron chi connectivity index (χ0n) is 19.4. The van der Waals surface area contributed by atoms with Crippen LogP contribution in [-0.2, 0) is 11.0 Å². The van der Waals surface area contributed by atoms with Crippen molar-refractivity contribution in [3.05, 3.63) is 75.5 Å². The summed E-state index contributed by atoms with van der Waals surface area (Å²) in [7, 11) is -0.380. The van der Waals surface area contributed by atoms with Gasteiger partial charge in [0.05, 0.1) is 29.7 Å². The van der Waals surface area contributed by atoms with Crippen LogP contribution in [0.1, 0.15) is 20.8 Å². The number of nitrogens with zero attached hydrogens (tertiary/aromatic N) is 3. The lowest BCUT2D eigenvalue weighted by atomic mass is 10.1. The van der Waals surface area contributed by atoms with Crippen LogP contribution in [0.5, 0.6) is 11.5 Å². The molecule has 1 unspecified atom stereocenters. The van der Waals surface area contributed by atoms with Gasteiger partial charge in [-0.05, 0) is 48.9 Å². The van der Waals surface area contributed by atoms with Gasteiger partial charge in [-0.25, -0.2) is 18.6 Å². The van der Waals surface area contributed by atoms with Crippen LogP contribution >= 0.6 is 22.9 Å². The second-order valence-electron chi connectivity index (χ2n) is 7.53. The quantitative estimate of drug-likeness (QED) is 0.259. The Kier molecular flexibility index (Phi) is 7.81. The van der Waals surface area contributed by atoms with Gasteiger partial charge in [0.25, 0.3) is 5.91 Å². The van der Waals surface area contributed by atoms with Crippen molar-refractivity contribution in [3.63, 3.8) is 0 Å². The molecule has 0 spiro atoms. The molecule has 190 valence electrons. The number of phenols is 1. The number of nitrogens with two attached hydrogens (primary N) is 1. The van der Waals surface area contributed by atoms with E-state index in [1.165, 1.54) is 31.7 Å². The number of ether oxygens (including phenoxy) is 1. The number of primary amides is 1. The number of halogens is 2. The van der Waals surface area contributed by atoms with E-state index in [4.69, 9.17) is 22.1 Å². The number of anilines is 1. The number of aliphatic imine (C=N–C) groups is 1. The molecule has 1 amide bonds. The van der Waals surface area contributed by atoms with Crippen molar-refractivity contribution in [3.8, 4) is 22.8 Å². The Labute approximate surface area is 222 Å². The lowest BCUT2D eigenvalue weighted by Gasteiger charge is -2.07. The highest BCUT2D eigenvalue weighted by Gasteiger charge is 2.20. The Balaban J connectivity index is 1.55. The van der Waals surface area contributed by atoms with Gasteiger partial charge < -0.3 is 15.6 Å². The van der Waals surface area contributed by atoms with Crippen LogP contribution in [0, 0.1) is 12.7 Å². The molecule has 0 saturated heterocycles. The van der Waals surface area contributed by atoms with Gasteiger partial charge in [-0.15, -0.1) is 0 Å². The number of amides is 1. The normalized spacial score (nSPS) is 12.0. The molecule has 37 heavy (non-hydrogen) atoms. The third-order valence-corrected chi connectivity index (χ3v) is 7.58. The van der Waals surface area contributed by atoms with E-state index in [1.54, 1.807) is 31.2 Å². The lowest BCUT2D eigenvalue weighted by molar-refractivity contribution is 0.100. The zero-order chi connectivity index (χ0) is 26.7. The first-order valence-corrected chi connectivity index (χ1v) is 12.8. The topological polar surface area (TPSA) is 140 Å². The summed E-state index contributed by atoms with van der Waals surface area (Å²) in [6, 6.07) is 10.6. The first-order valence-electron chi connectivity index (χ1n) is 10.5. The van der Waals surface area contributed by atoms with Crippen molar-refractivity contribution in [2.75, 3.05) is 11.8 Å². The summed E-state index contributed by atoms with van der Waals surface area (Å²) in [4.78, 5) is 24.9. The van der Waals surface area contributed by atoms with Crippen molar-refractivity contribution >= 4 is 56.9 Å². The van der Waals surface area contributed by atoms with E-state index in [0.717, 1.165) is 17.4 Å². The van der Waals surface area contributed by atoms with Crippen molar-refractivity contribution in [1.29, 1.82) is 0 Å². The van der Waals surface area contributed by atoms with Crippen molar-refractivity contribution < 1.29 is 23.2 Å². The molecule has 4 rings (SSSR count). The number of hydrogen-bond donors (Lipinski definition) is 3. The number of carbonyl (C=O) groups is 1. The van der Waals surface area contributed by atoms with Crippen molar-refractivity contribution in [2.24, 2.45) is 10.7 Å². The van der Waals surface area contributed by atoms with Gasteiger partial charge >= 0.3 is 0 Å². The standard InChI is InChI=1S/C24H19ClFN5O4S2/c1-12-8-15(28-10-14-4-3-5-18(35-2)20(14)32)11-29-23(12)37(34)31-24-30-19(21(36-24)22(27)33)13-6-7-17(26)16(25)9-13/h3-11,32H,1-2H3,(H2,27,33)(H,30,31). The molecule has 0 aliphatic heterocycles. The molecule has 0 radical (unpaired) electrons. The molecule has 0 aliphatic carbocycles. The molecule has 0 saturated carbocycles. The number of aromatic nitrogens is 2. The summed E-state index contributed by atoms with van der Waals surface area (Å²) in [6.07, 6.45) is 2.89. The molecule has 13 heteroatoms. The van der Waals surface area contributed by atoms with Crippen molar-refractivity contribution in [2.45, 2.75) is 11.9 Å². The number of pyridine rings is 1. The predicted octanol–water partition coefficient (Wildman–Crippen LogP) is 5.00. The number of phenolic OH excluding ortho intramolecular Hbond substituents is 1. The Bertz CT molecular complexity index is 1560. The van der Waals surface area contributed by atoms with Crippen LogP contribution in [0.15, 0.2) is 58.7 Å². The van der Waals surface area contributed by atoms with Crippen LogP contribution in [0.25, 0.3) is 11.3 Å². The van der Waals surface area contributed by atoms with Gasteiger partial charge in [0.2, 0.25) is 0 Å². The first-order chi connectivity index (χ1) is 17.7. The van der Waals surface area contributed by atoms with Crippen LogP contribution in [-0.4, -0.2) is 38.5 Å². The third-order valence-electron chi connectivity index (χ3n) is 5.02. The monoisotopic (exact) mass is 559 g/mol. The summed E-state index contributed by atoms with van der Waals surface area (Å²) < 4.78 is 34.4. The molecule has 4 aromatic rings. The summed E-state index contributed by atoms with van der Waals surface area (Å²) in [5.41, 5.74) is 7.56. The minimum atomic E-state index is -1.83. The molecule has 2 aromatic carbocycles. The van der Waals surface area contributed by atoms with Crippen molar-refractivity contribution in [1.82, 2.24) is 9.97 Å². The van der Waals surface area contributed by atoms with Gasteiger partial charge in [-0.2, -0.15) is 0 Å².